The molecule has 4 heteroatoms. The lowest BCUT2D eigenvalue weighted by molar-refractivity contribution is 0.0637. The van der Waals surface area contributed by atoms with Crippen molar-refractivity contribution in [2.24, 2.45) is 17.8 Å². The van der Waals surface area contributed by atoms with Crippen molar-refractivity contribution in [3.63, 3.8) is 0 Å². The van der Waals surface area contributed by atoms with Gasteiger partial charge in [0, 0.05) is 17.1 Å². The summed E-state index contributed by atoms with van der Waals surface area (Å²) in [6, 6.07) is 2.50. The van der Waals surface area contributed by atoms with Gasteiger partial charge in [-0.3, -0.25) is 4.79 Å². The molecular weight excluding hydrogens is 322 g/mol. The molecular formula is C15H18BrNOS. The minimum Gasteiger partial charge on any atom is -0.335 e. The van der Waals surface area contributed by atoms with Crippen LogP contribution in [0.15, 0.2) is 15.9 Å². The summed E-state index contributed by atoms with van der Waals surface area (Å²) in [5.41, 5.74) is 0. The van der Waals surface area contributed by atoms with E-state index >= 15 is 0 Å². The van der Waals surface area contributed by atoms with Crippen molar-refractivity contribution >= 4 is 33.2 Å². The lowest BCUT2D eigenvalue weighted by Crippen LogP contribution is -2.42. The van der Waals surface area contributed by atoms with Crippen molar-refractivity contribution in [1.29, 1.82) is 0 Å². The number of carbonyl (C=O) groups excluding carboxylic acids is 1. The normalized spacial score (nSPS) is 36.6. The highest BCUT2D eigenvalue weighted by Gasteiger charge is 2.44. The fraction of sp³-hybridized carbons (Fsp3) is 0.667. The Balaban J connectivity index is 1.65. The zero-order valence-electron chi connectivity index (χ0n) is 10.8. The zero-order chi connectivity index (χ0) is 13.0. The van der Waals surface area contributed by atoms with Crippen molar-refractivity contribution in [3.8, 4) is 0 Å². The summed E-state index contributed by atoms with van der Waals surface area (Å²) in [7, 11) is 0. The fourth-order valence-electron chi connectivity index (χ4n) is 4.61. The molecule has 2 aliphatic heterocycles. The van der Waals surface area contributed by atoms with E-state index in [1.807, 2.05) is 11.4 Å². The molecule has 1 amide bonds. The van der Waals surface area contributed by atoms with E-state index in [0.717, 1.165) is 33.6 Å². The summed E-state index contributed by atoms with van der Waals surface area (Å²) < 4.78 is 0.964. The second-order valence-corrected chi connectivity index (χ2v) is 8.26. The number of rotatable bonds is 1. The van der Waals surface area contributed by atoms with Crippen LogP contribution in [-0.2, 0) is 0 Å². The maximum Gasteiger partial charge on any atom is 0.265 e. The monoisotopic (exact) mass is 339 g/mol. The Labute approximate surface area is 126 Å². The van der Waals surface area contributed by atoms with Gasteiger partial charge in [0.1, 0.15) is 4.88 Å². The van der Waals surface area contributed by atoms with E-state index in [4.69, 9.17) is 0 Å². The SMILES string of the molecule is O=C(c1sccc1Br)N1CC2CC3CC(C2)CC1C3. The average Bonchev–Trinajstić information content (AvgIpc) is 2.70. The minimum atomic E-state index is 0.264. The summed E-state index contributed by atoms with van der Waals surface area (Å²) in [5, 5.41) is 2.00. The van der Waals surface area contributed by atoms with E-state index in [0.29, 0.717) is 6.04 Å². The van der Waals surface area contributed by atoms with Crippen LogP contribution in [0.2, 0.25) is 0 Å². The highest BCUT2D eigenvalue weighted by Crippen LogP contribution is 2.48. The van der Waals surface area contributed by atoms with Crippen molar-refractivity contribution in [2.45, 2.75) is 38.1 Å². The van der Waals surface area contributed by atoms with Crippen LogP contribution in [0.25, 0.3) is 0 Å². The van der Waals surface area contributed by atoms with Gasteiger partial charge in [0.2, 0.25) is 0 Å². The molecule has 2 unspecified atom stereocenters. The van der Waals surface area contributed by atoms with E-state index in [1.165, 1.54) is 32.1 Å². The summed E-state index contributed by atoms with van der Waals surface area (Å²) in [4.78, 5) is 15.9. The molecule has 0 aromatic carbocycles. The molecule has 0 radical (unpaired) electrons. The van der Waals surface area contributed by atoms with Crippen LogP contribution in [-0.4, -0.2) is 23.4 Å². The van der Waals surface area contributed by atoms with Gasteiger partial charge in [0.25, 0.3) is 5.91 Å². The number of carbonyl (C=O) groups is 1. The van der Waals surface area contributed by atoms with Crippen LogP contribution < -0.4 is 0 Å². The molecule has 2 saturated heterocycles. The molecule has 102 valence electrons. The largest absolute Gasteiger partial charge is 0.335 e. The quantitative estimate of drug-likeness (QED) is 0.752. The molecule has 2 saturated carbocycles. The first-order valence-corrected chi connectivity index (χ1v) is 8.92. The van der Waals surface area contributed by atoms with E-state index in [1.54, 1.807) is 11.3 Å². The Morgan fingerprint density at radius 1 is 1.16 bits per heavy atom. The molecule has 0 N–H and O–H groups in total. The van der Waals surface area contributed by atoms with Crippen LogP contribution in [0.4, 0.5) is 0 Å². The molecule has 4 bridgehead atoms. The average molecular weight is 340 g/mol. The van der Waals surface area contributed by atoms with Gasteiger partial charge in [-0.05, 0) is 77.2 Å². The van der Waals surface area contributed by atoms with Crippen molar-refractivity contribution in [1.82, 2.24) is 4.90 Å². The van der Waals surface area contributed by atoms with Crippen molar-refractivity contribution in [2.75, 3.05) is 6.54 Å². The standard InChI is InChI=1S/C15H18BrNOS/c16-13-1-2-19-14(13)15(18)17-8-11-4-9-3-10(5-11)7-12(17)6-9/h1-2,9-12H,3-8H2. The van der Waals surface area contributed by atoms with E-state index in [9.17, 15) is 4.79 Å². The molecule has 2 atom stereocenters. The predicted octanol–water partition coefficient (Wildman–Crippen LogP) is 4.16. The Bertz CT molecular complexity index is 500. The predicted molar refractivity (Wildman–Crippen MR) is 80.4 cm³/mol. The van der Waals surface area contributed by atoms with Crippen molar-refractivity contribution < 1.29 is 4.79 Å². The summed E-state index contributed by atoms with van der Waals surface area (Å²) in [6.07, 6.45) is 6.66. The number of hydrogen-bond donors (Lipinski definition) is 0. The Hall–Kier alpha value is -0.350. The number of nitrogens with zero attached hydrogens (tertiary/aromatic N) is 1. The fourth-order valence-corrected chi connectivity index (χ4v) is 6.11. The molecule has 1 aromatic heterocycles. The second-order valence-electron chi connectivity index (χ2n) is 6.49. The van der Waals surface area contributed by atoms with Crippen molar-refractivity contribution in [3.05, 3.63) is 20.8 Å². The lowest BCUT2D eigenvalue weighted by Gasteiger charge is -2.38. The third-order valence-electron chi connectivity index (χ3n) is 5.18. The zero-order valence-corrected chi connectivity index (χ0v) is 13.3. The maximum absolute atomic E-state index is 12.8. The van der Waals surface area contributed by atoms with Gasteiger partial charge in [0.15, 0.2) is 0 Å². The van der Waals surface area contributed by atoms with Crippen LogP contribution in [0.3, 0.4) is 0 Å². The smallest absolute Gasteiger partial charge is 0.265 e. The first kappa shape index (κ1) is 12.4. The minimum absolute atomic E-state index is 0.264. The lowest BCUT2D eigenvalue weighted by atomic mass is 9.68. The maximum atomic E-state index is 12.8. The third-order valence-corrected chi connectivity index (χ3v) is 7.00. The van der Waals surface area contributed by atoms with Gasteiger partial charge in [-0.2, -0.15) is 0 Å². The number of thiophene rings is 1. The Morgan fingerprint density at radius 2 is 1.84 bits per heavy atom. The highest BCUT2D eigenvalue weighted by molar-refractivity contribution is 9.10. The molecule has 0 spiro atoms. The summed E-state index contributed by atoms with van der Waals surface area (Å²) >= 11 is 5.08. The van der Waals surface area contributed by atoms with E-state index in [-0.39, 0.29) is 5.91 Å². The van der Waals surface area contributed by atoms with E-state index < -0.39 is 0 Å². The second kappa shape index (κ2) is 4.59. The van der Waals surface area contributed by atoms with Gasteiger partial charge in [-0.25, -0.2) is 0 Å². The third kappa shape index (κ3) is 2.07. The Kier molecular flexibility index (Phi) is 2.99. The van der Waals surface area contributed by atoms with Crippen LogP contribution in [0.1, 0.15) is 41.8 Å². The van der Waals surface area contributed by atoms with Gasteiger partial charge in [-0.15, -0.1) is 11.3 Å². The van der Waals surface area contributed by atoms with Crippen LogP contribution in [0.5, 0.6) is 0 Å². The first-order chi connectivity index (χ1) is 9.20. The first-order valence-electron chi connectivity index (χ1n) is 7.24. The van der Waals surface area contributed by atoms with Gasteiger partial charge < -0.3 is 4.90 Å². The number of hydrogen-bond acceptors (Lipinski definition) is 2. The molecule has 4 fully saturated rings. The molecule has 3 heterocycles. The topological polar surface area (TPSA) is 20.3 Å². The molecule has 2 nitrogen and oxygen atoms in total. The van der Waals surface area contributed by atoms with Gasteiger partial charge in [0.05, 0.1) is 0 Å². The molecule has 5 rings (SSSR count). The van der Waals surface area contributed by atoms with Gasteiger partial charge in [-0.1, -0.05) is 0 Å². The number of halogens is 1. The highest BCUT2D eigenvalue weighted by atomic mass is 79.9. The van der Waals surface area contributed by atoms with Crippen LogP contribution >= 0.6 is 27.3 Å². The van der Waals surface area contributed by atoms with Gasteiger partial charge >= 0.3 is 0 Å². The molecule has 2 aliphatic carbocycles. The van der Waals surface area contributed by atoms with E-state index in [2.05, 4.69) is 20.8 Å². The summed E-state index contributed by atoms with van der Waals surface area (Å²) in [6.45, 7) is 1.00. The van der Waals surface area contributed by atoms with Crippen LogP contribution in [0, 0.1) is 17.8 Å². The summed E-state index contributed by atoms with van der Waals surface area (Å²) in [5.74, 6) is 2.82. The number of fused-ring (bicyclic) bond motifs is 1. The molecule has 1 aromatic rings. The Morgan fingerprint density at radius 3 is 2.47 bits per heavy atom. The number of amides is 1. The molecule has 19 heavy (non-hydrogen) atoms. The molecule has 4 aliphatic rings.